The second kappa shape index (κ2) is 3.64. The van der Waals surface area contributed by atoms with E-state index in [1.807, 2.05) is 13.8 Å². The predicted octanol–water partition coefficient (Wildman–Crippen LogP) is -0.402. The molecule has 0 aromatic rings. The number of likely N-dealkylation sites (tertiary alicyclic amines) is 1. The highest BCUT2D eigenvalue weighted by atomic mass is 16.3. The van der Waals surface area contributed by atoms with Crippen LogP contribution >= 0.6 is 0 Å². The van der Waals surface area contributed by atoms with E-state index in [0.29, 0.717) is 19.5 Å². The van der Waals surface area contributed by atoms with Gasteiger partial charge in [0.15, 0.2) is 0 Å². The van der Waals surface area contributed by atoms with Crippen molar-refractivity contribution in [3.05, 3.63) is 0 Å². The van der Waals surface area contributed by atoms with Gasteiger partial charge in [0.25, 0.3) is 0 Å². The predicted molar refractivity (Wildman–Crippen MR) is 48.1 cm³/mol. The molecule has 1 saturated heterocycles. The van der Waals surface area contributed by atoms with E-state index >= 15 is 0 Å². The topological polar surface area (TPSA) is 60.8 Å². The first kappa shape index (κ1) is 10.5. The minimum absolute atomic E-state index is 0.250. The number of amides is 1. The van der Waals surface area contributed by atoms with Crippen LogP contribution in [0.5, 0.6) is 0 Å². The van der Waals surface area contributed by atoms with E-state index in [-0.39, 0.29) is 17.4 Å². The van der Waals surface area contributed by atoms with Gasteiger partial charge in [-0.2, -0.15) is 0 Å². The fourth-order valence-corrected chi connectivity index (χ4v) is 1.66. The first-order valence-electron chi connectivity index (χ1n) is 4.54. The molecular weight excluding hydrogens is 170 g/mol. The molecule has 13 heavy (non-hydrogen) atoms. The molecule has 1 aliphatic rings. The van der Waals surface area contributed by atoms with Crippen molar-refractivity contribution < 1.29 is 15.0 Å². The van der Waals surface area contributed by atoms with Gasteiger partial charge in [-0.05, 0) is 6.42 Å². The summed E-state index contributed by atoms with van der Waals surface area (Å²) in [7, 11) is 0. The molecule has 1 atom stereocenters. The van der Waals surface area contributed by atoms with Gasteiger partial charge in [-0.25, -0.2) is 0 Å². The molecule has 1 heterocycles. The molecule has 0 spiro atoms. The average Bonchev–Trinajstić information content (AvgIpc) is 2.08. The van der Waals surface area contributed by atoms with E-state index in [1.54, 1.807) is 4.90 Å². The summed E-state index contributed by atoms with van der Waals surface area (Å²) in [4.78, 5) is 12.8. The lowest BCUT2D eigenvalue weighted by Crippen LogP contribution is -2.51. The van der Waals surface area contributed by atoms with Gasteiger partial charge < -0.3 is 15.1 Å². The molecular formula is C9H17NO3. The molecule has 76 valence electrons. The van der Waals surface area contributed by atoms with Crippen LogP contribution in [0, 0.1) is 5.41 Å². The zero-order valence-corrected chi connectivity index (χ0v) is 8.16. The number of hydrogen-bond acceptors (Lipinski definition) is 3. The summed E-state index contributed by atoms with van der Waals surface area (Å²) in [5.41, 5.74) is -0.261. The number of piperidine rings is 1. The molecule has 0 aliphatic carbocycles. The Kier molecular flexibility index (Phi) is 2.93. The first-order valence-corrected chi connectivity index (χ1v) is 4.54. The zero-order valence-electron chi connectivity index (χ0n) is 8.16. The van der Waals surface area contributed by atoms with Crippen LogP contribution in [-0.2, 0) is 4.79 Å². The van der Waals surface area contributed by atoms with Crippen LogP contribution in [-0.4, -0.2) is 46.8 Å². The van der Waals surface area contributed by atoms with E-state index in [2.05, 4.69) is 0 Å². The van der Waals surface area contributed by atoms with Crippen LogP contribution in [0.15, 0.2) is 0 Å². The SMILES string of the molecule is CC1(C)CN(C(=O)CO)CCC1O. The van der Waals surface area contributed by atoms with Crippen molar-refractivity contribution >= 4 is 5.91 Å². The van der Waals surface area contributed by atoms with E-state index in [9.17, 15) is 9.90 Å². The highest BCUT2D eigenvalue weighted by molar-refractivity contribution is 5.77. The van der Waals surface area contributed by atoms with Crippen molar-refractivity contribution in [2.24, 2.45) is 5.41 Å². The Hall–Kier alpha value is -0.610. The van der Waals surface area contributed by atoms with Crippen LogP contribution in [0.25, 0.3) is 0 Å². The molecule has 1 fully saturated rings. The molecule has 1 rings (SSSR count). The fourth-order valence-electron chi connectivity index (χ4n) is 1.66. The summed E-state index contributed by atoms with van der Waals surface area (Å²) in [6.45, 7) is 4.48. The van der Waals surface area contributed by atoms with Crippen molar-refractivity contribution in [2.45, 2.75) is 26.4 Å². The third kappa shape index (κ3) is 2.19. The summed E-state index contributed by atoms with van der Waals surface area (Å²) in [6.07, 6.45) is 0.244. The van der Waals surface area contributed by atoms with Crippen molar-refractivity contribution in [1.82, 2.24) is 4.90 Å². The van der Waals surface area contributed by atoms with Gasteiger partial charge in [0, 0.05) is 18.5 Å². The summed E-state index contributed by atoms with van der Waals surface area (Å²) in [5.74, 6) is -0.250. The van der Waals surface area contributed by atoms with Gasteiger partial charge in [-0.3, -0.25) is 4.79 Å². The standard InChI is InChI=1S/C9H17NO3/c1-9(2)6-10(8(13)5-11)4-3-7(9)12/h7,11-12H,3-6H2,1-2H3. The zero-order chi connectivity index (χ0) is 10.1. The maximum Gasteiger partial charge on any atom is 0.248 e. The van der Waals surface area contributed by atoms with Gasteiger partial charge >= 0.3 is 0 Å². The van der Waals surface area contributed by atoms with Gasteiger partial charge in [0.05, 0.1) is 6.10 Å². The maximum atomic E-state index is 11.2. The molecule has 1 amide bonds. The Morgan fingerprint density at radius 1 is 1.62 bits per heavy atom. The quantitative estimate of drug-likeness (QED) is 0.587. The number of rotatable bonds is 1. The van der Waals surface area contributed by atoms with Crippen molar-refractivity contribution in [3.63, 3.8) is 0 Å². The van der Waals surface area contributed by atoms with Crippen molar-refractivity contribution in [3.8, 4) is 0 Å². The maximum absolute atomic E-state index is 11.2. The van der Waals surface area contributed by atoms with Crippen LogP contribution in [0.1, 0.15) is 20.3 Å². The molecule has 0 bridgehead atoms. The molecule has 1 unspecified atom stereocenters. The van der Waals surface area contributed by atoms with Gasteiger partial charge in [0.1, 0.15) is 6.61 Å². The lowest BCUT2D eigenvalue weighted by atomic mass is 9.81. The van der Waals surface area contributed by atoms with Gasteiger partial charge in [-0.1, -0.05) is 13.8 Å². The molecule has 0 aromatic heterocycles. The van der Waals surface area contributed by atoms with E-state index in [0.717, 1.165) is 0 Å². The number of carbonyl (C=O) groups is 1. The number of nitrogens with zero attached hydrogens (tertiary/aromatic N) is 1. The number of aliphatic hydroxyl groups excluding tert-OH is 2. The number of hydrogen-bond donors (Lipinski definition) is 2. The van der Waals surface area contributed by atoms with Crippen LogP contribution in [0.2, 0.25) is 0 Å². The Balaban J connectivity index is 2.60. The normalized spacial score (nSPS) is 27.4. The van der Waals surface area contributed by atoms with E-state index < -0.39 is 6.61 Å². The highest BCUT2D eigenvalue weighted by Crippen LogP contribution is 2.28. The van der Waals surface area contributed by atoms with Crippen molar-refractivity contribution in [1.29, 1.82) is 0 Å². The van der Waals surface area contributed by atoms with Crippen LogP contribution in [0.4, 0.5) is 0 Å². The largest absolute Gasteiger partial charge is 0.392 e. The summed E-state index contributed by atoms with van der Waals surface area (Å²) < 4.78 is 0. The first-order chi connectivity index (χ1) is 5.97. The van der Waals surface area contributed by atoms with Gasteiger partial charge in [0.2, 0.25) is 5.91 Å². The van der Waals surface area contributed by atoms with Crippen molar-refractivity contribution in [2.75, 3.05) is 19.7 Å². The van der Waals surface area contributed by atoms with Gasteiger partial charge in [-0.15, -0.1) is 0 Å². The second-order valence-electron chi connectivity index (χ2n) is 4.27. The smallest absolute Gasteiger partial charge is 0.248 e. The molecule has 0 radical (unpaired) electrons. The summed E-state index contributed by atoms with van der Waals surface area (Å²) in [6, 6.07) is 0. The number of carbonyl (C=O) groups excluding carboxylic acids is 1. The Bertz CT molecular complexity index is 203. The molecule has 4 heteroatoms. The Morgan fingerprint density at radius 2 is 2.23 bits per heavy atom. The minimum Gasteiger partial charge on any atom is -0.392 e. The second-order valence-corrected chi connectivity index (χ2v) is 4.27. The lowest BCUT2D eigenvalue weighted by molar-refractivity contribution is -0.140. The highest BCUT2D eigenvalue weighted by Gasteiger charge is 2.35. The minimum atomic E-state index is -0.438. The fraction of sp³-hybridized carbons (Fsp3) is 0.889. The molecule has 4 nitrogen and oxygen atoms in total. The molecule has 0 aromatic carbocycles. The lowest BCUT2D eigenvalue weighted by Gasteiger charge is -2.41. The Labute approximate surface area is 78.2 Å². The molecule has 0 saturated carbocycles. The molecule has 1 aliphatic heterocycles. The summed E-state index contributed by atoms with van der Waals surface area (Å²) >= 11 is 0. The van der Waals surface area contributed by atoms with E-state index in [4.69, 9.17) is 5.11 Å². The van der Waals surface area contributed by atoms with Crippen LogP contribution < -0.4 is 0 Å². The third-order valence-electron chi connectivity index (χ3n) is 2.66. The third-order valence-corrected chi connectivity index (χ3v) is 2.66. The monoisotopic (exact) mass is 187 g/mol. The average molecular weight is 187 g/mol. The van der Waals surface area contributed by atoms with E-state index in [1.165, 1.54) is 0 Å². The molecule has 2 N–H and O–H groups in total. The number of aliphatic hydroxyl groups is 2. The van der Waals surface area contributed by atoms with Crippen LogP contribution in [0.3, 0.4) is 0 Å². The summed E-state index contributed by atoms with van der Waals surface area (Å²) in [5, 5.41) is 18.3. The Morgan fingerprint density at radius 3 is 2.69 bits per heavy atom.